The second kappa shape index (κ2) is 7.38. The highest BCUT2D eigenvalue weighted by Crippen LogP contribution is 2.21. The number of aryl methyl sites for hydroxylation is 1. The van der Waals surface area contributed by atoms with Gasteiger partial charge in [-0.3, -0.25) is 4.79 Å². The Balaban J connectivity index is 1.86. The maximum Gasteiger partial charge on any atom is 0.238 e. The van der Waals surface area contributed by atoms with Crippen molar-refractivity contribution in [2.45, 2.75) is 19.9 Å². The van der Waals surface area contributed by atoms with Gasteiger partial charge in [-0.1, -0.05) is 42.0 Å². The molecule has 0 saturated heterocycles. The molecule has 0 radical (unpaired) electrons. The fraction of sp³-hybridized carbons (Fsp3) is 0.235. The molecule has 2 aromatic carbocycles. The second-order valence-corrected chi connectivity index (χ2v) is 5.90. The summed E-state index contributed by atoms with van der Waals surface area (Å²) in [7, 11) is 0. The van der Waals surface area contributed by atoms with E-state index in [2.05, 4.69) is 64.7 Å². The van der Waals surface area contributed by atoms with E-state index in [9.17, 15) is 4.79 Å². The van der Waals surface area contributed by atoms with Gasteiger partial charge in [0.05, 0.1) is 12.2 Å². The molecule has 0 saturated carbocycles. The van der Waals surface area contributed by atoms with Gasteiger partial charge in [-0.05, 0) is 47.5 Å². The van der Waals surface area contributed by atoms with Crippen LogP contribution in [0.3, 0.4) is 0 Å². The lowest BCUT2D eigenvalue weighted by molar-refractivity contribution is -0.115. The third-order valence-corrected chi connectivity index (χ3v) is 3.99. The number of amides is 1. The van der Waals surface area contributed by atoms with Crippen LogP contribution in [-0.4, -0.2) is 12.5 Å². The molecule has 0 spiro atoms. The number of rotatable bonds is 5. The van der Waals surface area contributed by atoms with Crippen LogP contribution < -0.4 is 10.6 Å². The van der Waals surface area contributed by atoms with E-state index in [1.54, 1.807) is 0 Å². The largest absolute Gasteiger partial charge is 0.324 e. The molecule has 1 atom stereocenters. The first-order chi connectivity index (χ1) is 10.1. The summed E-state index contributed by atoms with van der Waals surface area (Å²) in [6, 6.07) is 16.0. The number of hydrogen-bond donors (Lipinski definition) is 2. The van der Waals surface area contributed by atoms with E-state index in [0.717, 1.165) is 10.2 Å². The fourth-order valence-corrected chi connectivity index (χ4v) is 2.36. The molecule has 110 valence electrons. The first-order valence-corrected chi connectivity index (χ1v) is 7.70. The molecule has 1 amide bonds. The van der Waals surface area contributed by atoms with Crippen LogP contribution in [0.4, 0.5) is 5.69 Å². The maximum atomic E-state index is 12.0. The minimum atomic E-state index is -0.0548. The van der Waals surface area contributed by atoms with Crippen LogP contribution in [0.25, 0.3) is 0 Å². The molecule has 4 heteroatoms. The van der Waals surface area contributed by atoms with Crippen molar-refractivity contribution in [3.8, 4) is 0 Å². The Labute approximate surface area is 133 Å². The molecule has 0 bridgehead atoms. The topological polar surface area (TPSA) is 41.1 Å². The van der Waals surface area contributed by atoms with Gasteiger partial charge >= 0.3 is 0 Å². The van der Waals surface area contributed by atoms with Crippen LogP contribution in [0, 0.1) is 6.92 Å². The lowest BCUT2D eigenvalue weighted by atomic mass is 10.1. The lowest BCUT2D eigenvalue weighted by Gasteiger charge is -2.14. The van der Waals surface area contributed by atoms with Gasteiger partial charge in [-0.25, -0.2) is 0 Å². The monoisotopic (exact) mass is 346 g/mol. The van der Waals surface area contributed by atoms with E-state index >= 15 is 0 Å². The van der Waals surface area contributed by atoms with Gasteiger partial charge in [0, 0.05) is 10.5 Å². The highest BCUT2D eigenvalue weighted by molar-refractivity contribution is 9.10. The molecule has 21 heavy (non-hydrogen) atoms. The highest BCUT2D eigenvalue weighted by Gasteiger charge is 2.08. The summed E-state index contributed by atoms with van der Waals surface area (Å²) in [5.41, 5.74) is 3.19. The van der Waals surface area contributed by atoms with Crippen LogP contribution in [0.1, 0.15) is 24.1 Å². The van der Waals surface area contributed by atoms with Crippen molar-refractivity contribution in [1.29, 1.82) is 0 Å². The normalized spacial score (nSPS) is 12.0. The van der Waals surface area contributed by atoms with Gasteiger partial charge in [0.25, 0.3) is 0 Å². The standard InChI is InChI=1S/C17H19BrN2O/c1-12-7-9-14(10-8-12)13(2)19-11-17(21)20-16-6-4-3-5-15(16)18/h3-10,13,19H,11H2,1-2H3,(H,20,21). The lowest BCUT2D eigenvalue weighted by Crippen LogP contribution is -2.30. The molecule has 0 aliphatic carbocycles. The van der Waals surface area contributed by atoms with Gasteiger partial charge in [0.2, 0.25) is 5.91 Å². The van der Waals surface area contributed by atoms with Gasteiger partial charge in [0.1, 0.15) is 0 Å². The summed E-state index contributed by atoms with van der Waals surface area (Å²) < 4.78 is 0.880. The van der Waals surface area contributed by atoms with E-state index in [-0.39, 0.29) is 18.5 Å². The predicted octanol–water partition coefficient (Wildman–Crippen LogP) is 4.05. The Morgan fingerprint density at radius 3 is 2.48 bits per heavy atom. The van der Waals surface area contributed by atoms with E-state index in [1.807, 2.05) is 24.3 Å². The first-order valence-electron chi connectivity index (χ1n) is 6.90. The number of anilines is 1. The number of nitrogens with one attached hydrogen (secondary N) is 2. The van der Waals surface area contributed by atoms with Gasteiger partial charge in [0.15, 0.2) is 0 Å². The van der Waals surface area contributed by atoms with Crippen molar-refractivity contribution in [2.24, 2.45) is 0 Å². The van der Waals surface area contributed by atoms with Crippen molar-refractivity contribution < 1.29 is 4.79 Å². The number of carbonyl (C=O) groups is 1. The summed E-state index contributed by atoms with van der Waals surface area (Å²) in [4.78, 5) is 12.0. The van der Waals surface area contributed by atoms with Gasteiger partial charge < -0.3 is 10.6 Å². The number of halogens is 1. The molecule has 1 unspecified atom stereocenters. The Morgan fingerprint density at radius 1 is 1.14 bits per heavy atom. The first kappa shape index (κ1) is 15.7. The Kier molecular flexibility index (Phi) is 5.53. The molecule has 0 heterocycles. The molecule has 3 nitrogen and oxygen atoms in total. The molecular formula is C17H19BrN2O. The van der Waals surface area contributed by atoms with Crippen LogP contribution in [-0.2, 0) is 4.79 Å². The fourth-order valence-electron chi connectivity index (χ4n) is 1.98. The smallest absolute Gasteiger partial charge is 0.238 e. The zero-order chi connectivity index (χ0) is 15.2. The van der Waals surface area contributed by atoms with Crippen LogP contribution >= 0.6 is 15.9 Å². The third-order valence-electron chi connectivity index (χ3n) is 3.29. The van der Waals surface area contributed by atoms with Crippen LogP contribution in [0.2, 0.25) is 0 Å². The summed E-state index contributed by atoms with van der Waals surface area (Å²) in [6.07, 6.45) is 0. The molecular weight excluding hydrogens is 328 g/mol. The zero-order valence-electron chi connectivity index (χ0n) is 12.2. The highest BCUT2D eigenvalue weighted by atomic mass is 79.9. The molecule has 0 aromatic heterocycles. The quantitative estimate of drug-likeness (QED) is 0.857. The molecule has 0 fully saturated rings. The number of benzene rings is 2. The summed E-state index contributed by atoms with van der Waals surface area (Å²) in [5, 5.41) is 6.11. The summed E-state index contributed by atoms with van der Waals surface area (Å²) >= 11 is 3.41. The third kappa shape index (κ3) is 4.69. The Bertz CT molecular complexity index is 610. The molecule has 2 rings (SSSR count). The number of carbonyl (C=O) groups excluding carboxylic acids is 1. The Hall–Kier alpha value is -1.65. The average molecular weight is 347 g/mol. The summed E-state index contributed by atoms with van der Waals surface area (Å²) in [5.74, 6) is -0.0548. The number of hydrogen-bond acceptors (Lipinski definition) is 2. The van der Waals surface area contributed by atoms with Crippen molar-refractivity contribution in [3.63, 3.8) is 0 Å². The Morgan fingerprint density at radius 2 is 1.81 bits per heavy atom. The minimum absolute atomic E-state index is 0.0548. The summed E-state index contributed by atoms with van der Waals surface area (Å²) in [6.45, 7) is 4.39. The van der Waals surface area contributed by atoms with E-state index in [0.29, 0.717) is 0 Å². The predicted molar refractivity (Wildman–Crippen MR) is 90.4 cm³/mol. The van der Waals surface area contributed by atoms with Crippen LogP contribution in [0.5, 0.6) is 0 Å². The van der Waals surface area contributed by atoms with Crippen molar-refractivity contribution in [3.05, 3.63) is 64.1 Å². The molecule has 0 aliphatic rings. The van der Waals surface area contributed by atoms with E-state index < -0.39 is 0 Å². The second-order valence-electron chi connectivity index (χ2n) is 5.04. The number of para-hydroxylation sites is 1. The van der Waals surface area contributed by atoms with Crippen molar-refractivity contribution in [1.82, 2.24) is 5.32 Å². The van der Waals surface area contributed by atoms with Crippen molar-refractivity contribution in [2.75, 3.05) is 11.9 Å². The van der Waals surface area contributed by atoms with E-state index in [4.69, 9.17) is 0 Å². The maximum absolute atomic E-state index is 12.0. The average Bonchev–Trinajstić information content (AvgIpc) is 2.48. The zero-order valence-corrected chi connectivity index (χ0v) is 13.8. The molecule has 0 aliphatic heterocycles. The van der Waals surface area contributed by atoms with Crippen molar-refractivity contribution >= 4 is 27.5 Å². The van der Waals surface area contributed by atoms with Gasteiger partial charge in [-0.2, -0.15) is 0 Å². The molecule has 2 N–H and O–H groups in total. The van der Waals surface area contributed by atoms with Crippen LogP contribution in [0.15, 0.2) is 53.0 Å². The molecule has 2 aromatic rings. The van der Waals surface area contributed by atoms with Gasteiger partial charge in [-0.15, -0.1) is 0 Å². The SMILES string of the molecule is Cc1ccc(C(C)NCC(=O)Nc2ccccc2Br)cc1. The van der Waals surface area contributed by atoms with E-state index in [1.165, 1.54) is 11.1 Å². The minimum Gasteiger partial charge on any atom is -0.324 e.